The lowest BCUT2D eigenvalue weighted by Crippen LogP contribution is -2.27. The van der Waals surface area contributed by atoms with Crippen LogP contribution < -0.4 is 11.1 Å². The fraction of sp³-hybridized carbons (Fsp3) is 0.438. The highest BCUT2D eigenvalue weighted by Crippen LogP contribution is 2.44. The maximum atomic E-state index is 13.9. The van der Waals surface area contributed by atoms with Crippen molar-refractivity contribution in [1.82, 2.24) is 15.4 Å². The molecule has 3 N–H and O–H groups in total. The molecule has 0 amide bonds. The van der Waals surface area contributed by atoms with Crippen molar-refractivity contribution in [3.05, 3.63) is 31.7 Å². The predicted molar refractivity (Wildman–Crippen MR) is 104 cm³/mol. The van der Waals surface area contributed by atoms with Gasteiger partial charge in [0.1, 0.15) is 15.9 Å². The third-order valence-corrected chi connectivity index (χ3v) is 7.48. The monoisotopic (exact) mass is 441 g/mol. The van der Waals surface area contributed by atoms with Crippen LogP contribution in [0.25, 0.3) is 10.2 Å². The van der Waals surface area contributed by atoms with Gasteiger partial charge in [-0.3, -0.25) is 0 Å². The Balaban J connectivity index is 1.54. The number of nitrogens with zero attached hydrogens (tertiary/aromatic N) is 3. The molecule has 1 aliphatic rings. The summed E-state index contributed by atoms with van der Waals surface area (Å²) < 4.78 is 15.8. The van der Waals surface area contributed by atoms with Crippen molar-refractivity contribution >= 4 is 54.6 Å². The van der Waals surface area contributed by atoms with Crippen molar-refractivity contribution < 1.29 is 4.39 Å². The number of rotatable bonds is 7. The second kappa shape index (κ2) is 6.86. The van der Waals surface area contributed by atoms with Crippen LogP contribution in [0.5, 0.6) is 0 Å². The molecule has 1 atom stereocenters. The zero-order chi connectivity index (χ0) is 17.4. The van der Waals surface area contributed by atoms with Crippen molar-refractivity contribution in [2.45, 2.75) is 43.9 Å². The van der Waals surface area contributed by atoms with Crippen LogP contribution >= 0.6 is 38.6 Å². The number of halogens is 2. The third-order valence-electron chi connectivity index (χ3n) is 4.28. The molecule has 0 radical (unpaired) electrons. The third kappa shape index (κ3) is 3.84. The van der Waals surface area contributed by atoms with E-state index in [1.807, 2.05) is 11.4 Å². The van der Waals surface area contributed by atoms with E-state index in [1.54, 1.807) is 22.7 Å². The molecule has 0 aromatic carbocycles. The predicted octanol–water partition coefficient (Wildman–Crippen LogP) is 4.28. The van der Waals surface area contributed by atoms with Crippen LogP contribution in [0.4, 0.5) is 10.2 Å². The highest BCUT2D eigenvalue weighted by Gasteiger charge is 2.44. The van der Waals surface area contributed by atoms with Crippen molar-refractivity contribution in [3.63, 3.8) is 0 Å². The number of anilines is 1. The minimum absolute atomic E-state index is 0.194. The van der Waals surface area contributed by atoms with Crippen LogP contribution in [-0.4, -0.2) is 27.1 Å². The lowest BCUT2D eigenvalue weighted by molar-refractivity contribution is 0.270. The van der Waals surface area contributed by atoms with Gasteiger partial charge in [-0.2, -0.15) is 0 Å². The molecule has 0 saturated heterocycles. The molecule has 0 aliphatic heterocycles. The van der Waals surface area contributed by atoms with Gasteiger partial charge in [-0.25, -0.2) is 4.39 Å². The zero-order valence-electron chi connectivity index (χ0n) is 13.3. The molecule has 9 heteroatoms. The molecule has 25 heavy (non-hydrogen) atoms. The molecule has 1 aliphatic carbocycles. The average Bonchev–Trinajstić information content (AvgIpc) is 2.99. The maximum absolute atomic E-state index is 13.9. The summed E-state index contributed by atoms with van der Waals surface area (Å²) in [5.74, 6) is 0.716. The molecule has 4 rings (SSSR count). The first-order valence-electron chi connectivity index (χ1n) is 8.05. The van der Waals surface area contributed by atoms with Crippen molar-refractivity contribution in [2.75, 3.05) is 5.32 Å². The Hall–Kier alpha value is -1.16. The smallest absolute Gasteiger partial charge is 0.170 e. The molecule has 0 spiro atoms. The first-order valence-corrected chi connectivity index (χ1v) is 10.5. The number of hydrogen-bond donors (Lipinski definition) is 2. The summed E-state index contributed by atoms with van der Waals surface area (Å²) in [6.07, 6.45) is 2.32. The average molecular weight is 442 g/mol. The highest BCUT2D eigenvalue weighted by atomic mass is 79.9. The molecule has 3 heterocycles. The van der Waals surface area contributed by atoms with E-state index < -0.39 is 5.67 Å². The van der Waals surface area contributed by atoms with E-state index in [0.29, 0.717) is 38.0 Å². The lowest BCUT2D eigenvalue weighted by atomic mass is 10.1. The van der Waals surface area contributed by atoms with Crippen molar-refractivity contribution in [1.29, 1.82) is 0 Å². The van der Waals surface area contributed by atoms with Gasteiger partial charge in [-0.15, -0.1) is 32.9 Å². The van der Waals surface area contributed by atoms with Gasteiger partial charge < -0.3 is 11.1 Å². The largest absolute Gasteiger partial charge is 0.362 e. The van der Waals surface area contributed by atoms with Gasteiger partial charge in [0.2, 0.25) is 0 Å². The minimum Gasteiger partial charge on any atom is -0.362 e. The van der Waals surface area contributed by atoms with Crippen molar-refractivity contribution in [3.8, 4) is 0 Å². The zero-order valence-corrected chi connectivity index (χ0v) is 16.6. The topological polar surface area (TPSA) is 76.7 Å². The second-order valence-corrected chi connectivity index (χ2v) is 9.34. The molecule has 5 nitrogen and oxygen atoms in total. The van der Waals surface area contributed by atoms with Gasteiger partial charge in [0, 0.05) is 15.8 Å². The molecule has 1 fully saturated rings. The number of nitrogens with two attached hydrogens (primary N) is 1. The Labute approximate surface area is 161 Å². The summed E-state index contributed by atoms with van der Waals surface area (Å²) in [4.78, 5) is 2.29. The number of nitrogens with one attached hydrogen (secondary N) is 1. The Morgan fingerprint density at radius 1 is 1.40 bits per heavy atom. The van der Waals surface area contributed by atoms with E-state index in [9.17, 15) is 4.39 Å². The number of aromatic nitrogens is 3. The van der Waals surface area contributed by atoms with Gasteiger partial charge in [0.25, 0.3) is 0 Å². The molecule has 3 aromatic rings. The summed E-state index contributed by atoms with van der Waals surface area (Å²) in [7, 11) is 0. The summed E-state index contributed by atoms with van der Waals surface area (Å²) in [6, 6.07) is 3.90. The van der Waals surface area contributed by atoms with Gasteiger partial charge in [-0.1, -0.05) is 6.07 Å². The van der Waals surface area contributed by atoms with Crippen LogP contribution in [0.15, 0.2) is 22.0 Å². The van der Waals surface area contributed by atoms with Crippen LogP contribution in [0.3, 0.4) is 0 Å². The standard InChI is InChI=1S/C16H17BrFN5S2/c17-12-11(6-9(19)7-16(18)3-4-16)25-14-13(12)21-23-22-15(14)20-8-10-2-1-5-24-10/h1-2,5,9H,3-4,6-8,19H2,(H,20,21,22)/t9-/m1/s1. The SMILES string of the molecule is N[C@H](Cc1sc2c(NCc3cccs3)nnnc2c1Br)CC1(F)CC1. The van der Waals surface area contributed by atoms with Gasteiger partial charge >= 0.3 is 0 Å². The molecule has 0 bridgehead atoms. The molecule has 0 unspecified atom stereocenters. The summed E-state index contributed by atoms with van der Waals surface area (Å²) in [6.45, 7) is 0.695. The second-order valence-electron chi connectivity index (χ2n) is 6.41. The molecule has 3 aromatic heterocycles. The number of alkyl halides is 1. The molecule has 132 valence electrons. The number of hydrogen-bond acceptors (Lipinski definition) is 7. The Morgan fingerprint density at radius 3 is 2.96 bits per heavy atom. The Morgan fingerprint density at radius 2 is 2.24 bits per heavy atom. The normalized spacial score (nSPS) is 16.9. The van der Waals surface area contributed by atoms with E-state index in [1.165, 1.54) is 4.88 Å². The quantitative estimate of drug-likeness (QED) is 0.571. The Kier molecular flexibility index (Phi) is 4.74. The number of fused-ring (bicyclic) bond motifs is 1. The van der Waals surface area contributed by atoms with Gasteiger partial charge in [0.05, 0.1) is 11.0 Å². The van der Waals surface area contributed by atoms with Gasteiger partial charge in [0.15, 0.2) is 5.82 Å². The maximum Gasteiger partial charge on any atom is 0.170 e. The first-order chi connectivity index (χ1) is 12.0. The minimum atomic E-state index is -1.03. The van der Waals surface area contributed by atoms with Crippen LogP contribution in [0.2, 0.25) is 0 Å². The molecular formula is C16H17BrFN5S2. The van der Waals surface area contributed by atoms with Crippen LogP contribution in [0, 0.1) is 0 Å². The fourth-order valence-corrected chi connectivity index (χ4v) is 5.44. The van der Waals surface area contributed by atoms with E-state index >= 15 is 0 Å². The lowest BCUT2D eigenvalue weighted by Gasteiger charge is -2.12. The summed E-state index contributed by atoms with van der Waals surface area (Å²) in [5.41, 5.74) is 5.91. The van der Waals surface area contributed by atoms with E-state index in [2.05, 4.69) is 42.7 Å². The molecule has 1 saturated carbocycles. The van der Waals surface area contributed by atoms with Crippen LogP contribution in [0.1, 0.15) is 29.0 Å². The summed E-state index contributed by atoms with van der Waals surface area (Å²) >= 11 is 6.89. The first kappa shape index (κ1) is 17.3. The van der Waals surface area contributed by atoms with Gasteiger partial charge in [-0.05, 0) is 58.3 Å². The number of thiophene rings is 2. The highest BCUT2D eigenvalue weighted by molar-refractivity contribution is 9.10. The Bertz CT molecular complexity index is 878. The van der Waals surface area contributed by atoms with E-state index in [-0.39, 0.29) is 6.04 Å². The van der Waals surface area contributed by atoms with E-state index in [4.69, 9.17) is 5.73 Å². The van der Waals surface area contributed by atoms with Crippen LogP contribution in [-0.2, 0) is 13.0 Å². The van der Waals surface area contributed by atoms with Crippen molar-refractivity contribution in [2.24, 2.45) is 5.73 Å². The fourth-order valence-electron chi connectivity index (χ4n) is 2.81. The molecular weight excluding hydrogens is 425 g/mol. The summed E-state index contributed by atoms with van der Waals surface area (Å²) in [5, 5.41) is 17.5. The van der Waals surface area contributed by atoms with E-state index in [0.717, 1.165) is 19.6 Å².